The van der Waals surface area contributed by atoms with Crippen molar-refractivity contribution in [2.24, 2.45) is 10.9 Å². The van der Waals surface area contributed by atoms with Gasteiger partial charge in [0.05, 0.1) is 5.71 Å². The number of hydrogen-bond donors (Lipinski definition) is 1. The molecule has 1 fully saturated rings. The van der Waals surface area contributed by atoms with Crippen LogP contribution in [0, 0.1) is 5.92 Å². The van der Waals surface area contributed by atoms with Gasteiger partial charge < -0.3 is 10.2 Å². The van der Waals surface area contributed by atoms with Crippen LogP contribution in [-0.4, -0.2) is 49.7 Å². The molecule has 1 atom stereocenters. The van der Waals surface area contributed by atoms with E-state index in [1.807, 2.05) is 23.1 Å². The minimum atomic E-state index is 0.123. The van der Waals surface area contributed by atoms with Crippen molar-refractivity contribution in [1.29, 1.82) is 0 Å². The second-order valence-electron chi connectivity index (χ2n) is 8.05. The van der Waals surface area contributed by atoms with Gasteiger partial charge in [0.1, 0.15) is 0 Å². The number of rotatable bonds is 3. The Hall–Kier alpha value is -2.20. The molecular formula is C24H33N3O. The zero-order chi connectivity index (χ0) is 20.1. The summed E-state index contributed by atoms with van der Waals surface area (Å²) in [7, 11) is 1.80. The predicted octanol–water partition coefficient (Wildman–Crippen LogP) is 3.99. The first-order chi connectivity index (χ1) is 13.5. The largest absolute Gasteiger partial charge is 0.339 e. The smallest absolute Gasteiger partial charge is 0.254 e. The van der Waals surface area contributed by atoms with Crippen molar-refractivity contribution in [3.05, 3.63) is 58.7 Å². The Morgan fingerprint density at radius 3 is 2.71 bits per heavy atom. The number of amides is 1. The molecule has 3 rings (SSSR count). The second kappa shape index (κ2) is 9.33. The fraction of sp³-hybridized carbons (Fsp3) is 0.500. The molecule has 0 aromatic rings. The lowest BCUT2D eigenvalue weighted by Gasteiger charge is -2.26. The van der Waals surface area contributed by atoms with Gasteiger partial charge in [0, 0.05) is 37.8 Å². The Labute approximate surface area is 169 Å². The van der Waals surface area contributed by atoms with E-state index in [1.165, 1.54) is 5.57 Å². The first-order valence-electron chi connectivity index (χ1n) is 10.5. The van der Waals surface area contributed by atoms with Crippen LogP contribution in [0.2, 0.25) is 0 Å². The van der Waals surface area contributed by atoms with E-state index in [-0.39, 0.29) is 5.91 Å². The monoisotopic (exact) mass is 379 g/mol. The first-order valence-corrected chi connectivity index (χ1v) is 10.5. The summed E-state index contributed by atoms with van der Waals surface area (Å²) in [5.41, 5.74) is 6.00. The van der Waals surface area contributed by atoms with Crippen LogP contribution < -0.4 is 5.32 Å². The number of nitrogens with one attached hydrogen (secondary N) is 1. The third-order valence-corrected chi connectivity index (χ3v) is 5.66. The minimum Gasteiger partial charge on any atom is -0.339 e. The third kappa shape index (κ3) is 4.44. The van der Waals surface area contributed by atoms with Crippen molar-refractivity contribution in [2.75, 3.05) is 33.2 Å². The maximum absolute atomic E-state index is 13.3. The molecule has 0 bridgehead atoms. The number of hydrogen-bond acceptors (Lipinski definition) is 3. The maximum atomic E-state index is 13.3. The van der Waals surface area contributed by atoms with E-state index in [1.54, 1.807) is 7.05 Å². The number of carbonyl (C=O) groups excluding carboxylic acids is 1. The van der Waals surface area contributed by atoms with Crippen LogP contribution in [-0.2, 0) is 4.79 Å². The Morgan fingerprint density at radius 2 is 2.04 bits per heavy atom. The second-order valence-corrected chi connectivity index (χ2v) is 8.05. The summed E-state index contributed by atoms with van der Waals surface area (Å²) in [6.45, 7) is 12.3. The summed E-state index contributed by atoms with van der Waals surface area (Å²) >= 11 is 0. The molecule has 1 N–H and O–H groups in total. The zero-order valence-corrected chi connectivity index (χ0v) is 17.6. The Kier molecular flexibility index (Phi) is 6.84. The van der Waals surface area contributed by atoms with Gasteiger partial charge in [0.15, 0.2) is 0 Å². The van der Waals surface area contributed by atoms with Gasteiger partial charge in [-0.15, -0.1) is 0 Å². The van der Waals surface area contributed by atoms with E-state index in [2.05, 4.69) is 36.8 Å². The van der Waals surface area contributed by atoms with E-state index in [0.717, 1.165) is 79.9 Å². The highest BCUT2D eigenvalue weighted by Gasteiger charge is 2.29. The van der Waals surface area contributed by atoms with Gasteiger partial charge in [-0.3, -0.25) is 9.79 Å². The molecule has 2 aliphatic heterocycles. The summed E-state index contributed by atoms with van der Waals surface area (Å²) in [4.78, 5) is 19.9. The quantitative estimate of drug-likeness (QED) is 0.806. The third-order valence-electron chi connectivity index (χ3n) is 5.66. The summed E-state index contributed by atoms with van der Waals surface area (Å²) in [6, 6.07) is 0. The molecule has 0 aromatic heterocycles. The summed E-state index contributed by atoms with van der Waals surface area (Å²) < 4.78 is 0. The van der Waals surface area contributed by atoms with Crippen LogP contribution in [0.4, 0.5) is 0 Å². The lowest BCUT2D eigenvalue weighted by molar-refractivity contribution is -0.125. The average Bonchev–Trinajstić information content (AvgIpc) is 3.19. The highest BCUT2D eigenvalue weighted by Crippen LogP contribution is 2.34. The lowest BCUT2D eigenvalue weighted by Crippen LogP contribution is -2.32. The van der Waals surface area contributed by atoms with Gasteiger partial charge in [0.2, 0.25) is 0 Å². The normalized spacial score (nSPS) is 28.3. The van der Waals surface area contributed by atoms with Gasteiger partial charge >= 0.3 is 0 Å². The average molecular weight is 380 g/mol. The number of aliphatic imine (C=N–C) groups is 1. The number of allylic oxidation sites excluding steroid dienone is 6. The van der Waals surface area contributed by atoms with E-state index in [9.17, 15) is 4.79 Å². The molecule has 1 aliphatic carbocycles. The van der Waals surface area contributed by atoms with Crippen LogP contribution in [0.1, 0.15) is 39.5 Å². The van der Waals surface area contributed by atoms with Gasteiger partial charge in [-0.2, -0.15) is 0 Å². The van der Waals surface area contributed by atoms with E-state index >= 15 is 0 Å². The molecule has 1 saturated heterocycles. The van der Waals surface area contributed by atoms with E-state index in [4.69, 9.17) is 0 Å². The molecule has 2 heterocycles. The first kappa shape index (κ1) is 20.5. The number of nitrogens with zero attached hydrogens (tertiary/aromatic N) is 2. The summed E-state index contributed by atoms with van der Waals surface area (Å²) in [5.74, 6) is 0.561. The molecule has 28 heavy (non-hydrogen) atoms. The number of carbonyl (C=O) groups is 1. The van der Waals surface area contributed by atoms with Crippen molar-refractivity contribution in [2.45, 2.75) is 39.5 Å². The van der Waals surface area contributed by atoms with Crippen molar-refractivity contribution >= 4 is 11.6 Å². The molecule has 0 spiro atoms. The van der Waals surface area contributed by atoms with E-state index in [0.29, 0.717) is 5.92 Å². The molecule has 0 saturated carbocycles. The molecule has 1 amide bonds. The van der Waals surface area contributed by atoms with Gasteiger partial charge in [0.25, 0.3) is 5.91 Å². The molecule has 3 aliphatic rings. The summed E-state index contributed by atoms with van der Waals surface area (Å²) in [6.07, 6.45) is 12.5. The SMILES string of the molecule is C=C(C)C(/C1=C\[C@@H](C)CNCCC1)=C1/C(C(=O)N2CCCC2)=CC=C/C1=N/C. The van der Waals surface area contributed by atoms with Crippen LogP contribution in [0.15, 0.2) is 63.7 Å². The van der Waals surface area contributed by atoms with Gasteiger partial charge in [-0.05, 0) is 68.4 Å². The van der Waals surface area contributed by atoms with Crippen LogP contribution >= 0.6 is 0 Å². The molecular weight excluding hydrogens is 346 g/mol. The fourth-order valence-electron chi connectivity index (χ4n) is 4.33. The molecule has 0 radical (unpaired) electrons. The van der Waals surface area contributed by atoms with Crippen LogP contribution in [0.3, 0.4) is 0 Å². The highest BCUT2D eigenvalue weighted by molar-refractivity contribution is 6.21. The lowest BCUT2D eigenvalue weighted by atomic mass is 9.82. The molecule has 150 valence electrons. The number of likely N-dealkylation sites (tertiary alicyclic amines) is 1. The van der Waals surface area contributed by atoms with Gasteiger partial charge in [-0.1, -0.05) is 31.2 Å². The highest BCUT2D eigenvalue weighted by atomic mass is 16.2. The standard InChI is InChI=1S/C24H33N3O/c1-17(2)22(19-9-8-12-26-16-18(3)15-19)23-20(10-7-11-21(23)25-4)24(28)27-13-5-6-14-27/h7,10-11,15,18,26H,1,5-6,8-9,12-14,16H2,2-4H3/b19-15-,23-22+,25-21-/t18-/m1/s1. The van der Waals surface area contributed by atoms with E-state index < -0.39 is 0 Å². The Balaban J connectivity index is 2.14. The predicted molar refractivity (Wildman–Crippen MR) is 118 cm³/mol. The van der Waals surface area contributed by atoms with Crippen LogP contribution in [0.5, 0.6) is 0 Å². The molecule has 4 heteroatoms. The topological polar surface area (TPSA) is 44.7 Å². The summed E-state index contributed by atoms with van der Waals surface area (Å²) in [5, 5.41) is 3.50. The van der Waals surface area contributed by atoms with Gasteiger partial charge in [-0.25, -0.2) is 0 Å². The fourth-order valence-corrected chi connectivity index (χ4v) is 4.33. The van der Waals surface area contributed by atoms with Crippen molar-refractivity contribution in [1.82, 2.24) is 10.2 Å². The van der Waals surface area contributed by atoms with Crippen molar-refractivity contribution in [3.63, 3.8) is 0 Å². The minimum absolute atomic E-state index is 0.123. The molecule has 0 aromatic carbocycles. The van der Waals surface area contributed by atoms with Crippen molar-refractivity contribution < 1.29 is 4.79 Å². The maximum Gasteiger partial charge on any atom is 0.254 e. The Bertz CT molecular complexity index is 789. The van der Waals surface area contributed by atoms with Crippen molar-refractivity contribution in [3.8, 4) is 0 Å². The zero-order valence-electron chi connectivity index (χ0n) is 17.6. The Morgan fingerprint density at radius 1 is 1.29 bits per heavy atom. The molecule has 4 nitrogen and oxygen atoms in total. The molecule has 0 unspecified atom stereocenters. The van der Waals surface area contributed by atoms with Crippen LogP contribution in [0.25, 0.3) is 0 Å².